The van der Waals surface area contributed by atoms with Gasteiger partial charge in [0.2, 0.25) is 5.91 Å². The summed E-state index contributed by atoms with van der Waals surface area (Å²) in [5.41, 5.74) is 3.08. The van der Waals surface area contributed by atoms with Crippen molar-refractivity contribution in [2.45, 2.75) is 57.7 Å². The zero-order valence-corrected chi connectivity index (χ0v) is 17.6. The van der Waals surface area contributed by atoms with Crippen molar-refractivity contribution < 1.29 is 22.7 Å². The van der Waals surface area contributed by atoms with Crippen molar-refractivity contribution in [3.63, 3.8) is 0 Å². The minimum atomic E-state index is -4.40. The summed E-state index contributed by atoms with van der Waals surface area (Å²) in [6.45, 7) is 6.94. The van der Waals surface area contributed by atoms with Gasteiger partial charge in [0, 0.05) is 5.92 Å². The summed E-state index contributed by atoms with van der Waals surface area (Å²) < 4.78 is 41.3. The van der Waals surface area contributed by atoms with Gasteiger partial charge >= 0.3 is 6.18 Å². The standard InChI is InChI=1S/C23H27F3N2O2/c1-14(20-10-9-17(12-27-20)30-13-23(24,25)26)28-21(29)19-11-18(19)15-5-7-16(8-6-15)22(2,3)4/h5-10,12,14,18-19H,11,13H2,1-4H3,(H,28,29)/t14-,18?,19?/m1/s1. The molecule has 1 aromatic carbocycles. The number of nitrogens with zero attached hydrogens (tertiary/aromatic N) is 1. The highest BCUT2D eigenvalue weighted by Crippen LogP contribution is 2.48. The molecule has 0 aliphatic heterocycles. The van der Waals surface area contributed by atoms with Gasteiger partial charge in [0.25, 0.3) is 0 Å². The van der Waals surface area contributed by atoms with Crippen LogP contribution < -0.4 is 10.1 Å². The largest absolute Gasteiger partial charge is 0.483 e. The molecule has 2 aromatic rings. The Labute approximate surface area is 174 Å². The van der Waals surface area contributed by atoms with Gasteiger partial charge in [0.15, 0.2) is 6.61 Å². The number of aromatic nitrogens is 1. The number of hydrogen-bond acceptors (Lipinski definition) is 3. The average molecular weight is 420 g/mol. The highest BCUT2D eigenvalue weighted by molar-refractivity contribution is 5.83. The number of benzene rings is 1. The summed E-state index contributed by atoms with van der Waals surface area (Å²) in [5.74, 6) is 0.154. The lowest BCUT2D eigenvalue weighted by molar-refractivity contribution is -0.153. The number of ether oxygens (including phenoxy) is 1. The van der Waals surface area contributed by atoms with Crippen molar-refractivity contribution >= 4 is 5.91 Å². The molecule has 1 saturated carbocycles. The van der Waals surface area contributed by atoms with Crippen molar-refractivity contribution in [2.75, 3.05) is 6.61 Å². The Kier molecular flexibility index (Phi) is 6.11. The molecule has 30 heavy (non-hydrogen) atoms. The maximum atomic E-state index is 12.6. The average Bonchev–Trinajstić information content (AvgIpc) is 3.46. The van der Waals surface area contributed by atoms with E-state index in [2.05, 4.69) is 60.1 Å². The van der Waals surface area contributed by atoms with E-state index in [1.54, 1.807) is 13.0 Å². The molecule has 7 heteroatoms. The van der Waals surface area contributed by atoms with E-state index < -0.39 is 12.8 Å². The number of hydrogen-bond donors (Lipinski definition) is 1. The van der Waals surface area contributed by atoms with Crippen molar-refractivity contribution in [3.8, 4) is 5.75 Å². The molecule has 1 aliphatic rings. The maximum Gasteiger partial charge on any atom is 0.422 e. The van der Waals surface area contributed by atoms with Crippen molar-refractivity contribution in [1.82, 2.24) is 10.3 Å². The summed E-state index contributed by atoms with van der Waals surface area (Å²) in [7, 11) is 0. The van der Waals surface area contributed by atoms with Crippen LogP contribution in [0.2, 0.25) is 0 Å². The van der Waals surface area contributed by atoms with E-state index in [0.717, 1.165) is 6.42 Å². The van der Waals surface area contributed by atoms with Crippen molar-refractivity contribution in [1.29, 1.82) is 0 Å². The molecule has 1 N–H and O–H groups in total. The second kappa shape index (κ2) is 8.28. The van der Waals surface area contributed by atoms with Gasteiger partial charge in [-0.1, -0.05) is 45.0 Å². The smallest absolute Gasteiger partial charge is 0.422 e. The molecular formula is C23H27F3N2O2. The fraction of sp³-hybridized carbons (Fsp3) is 0.478. The number of alkyl halides is 3. The van der Waals surface area contributed by atoms with E-state index in [1.165, 1.54) is 23.4 Å². The van der Waals surface area contributed by atoms with Crippen LogP contribution in [0.3, 0.4) is 0 Å². The molecule has 4 nitrogen and oxygen atoms in total. The summed E-state index contributed by atoms with van der Waals surface area (Å²) >= 11 is 0. The Bertz CT molecular complexity index is 871. The minimum absolute atomic E-state index is 0.0356. The molecule has 1 heterocycles. The molecule has 1 amide bonds. The van der Waals surface area contributed by atoms with E-state index >= 15 is 0 Å². The van der Waals surface area contributed by atoms with E-state index in [0.29, 0.717) is 5.69 Å². The van der Waals surface area contributed by atoms with Gasteiger partial charge in [-0.25, -0.2) is 0 Å². The molecule has 162 valence electrons. The summed E-state index contributed by atoms with van der Waals surface area (Å²) in [5, 5.41) is 2.95. The van der Waals surface area contributed by atoms with Crippen LogP contribution >= 0.6 is 0 Å². The highest BCUT2D eigenvalue weighted by atomic mass is 19.4. The van der Waals surface area contributed by atoms with E-state index in [4.69, 9.17) is 0 Å². The van der Waals surface area contributed by atoms with Crippen LogP contribution in [0, 0.1) is 5.92 Å². The fourth-order valence-electron chi connectivity index (χ4n) is 3.38. The van der Waals surface area contributed by atoms with Crippen LogP contribution in [0.4, 0.5) is 13.2 Å². The SMILES string of the molecule is C[C@@H](NC(=O)C1CC1c1ccc(C(C)(C)C)cc1)c1ccc(OCC(F)(F)F)cn1. The molecule has 3 atom stereocenters. The van der Waals surface area contributed by atoms with Crippen molar-refractivity contribution in [2.24, 2.45) is 5.92 Å². The van der Waals surface area contributed by atoms with Crippen LogP contribution in [0.15, 0.2) is 42.6 Å². The van der Waals surface area contributed by atoms with Gasteiger partial charge in [-0.15, -0.1) is 0 Å². The van der Waals surface area contributed by atoms with Crippen LogP contribution in [-0.4, -0.2) is 23.7 Å². The maximum absolute atomic E-state index is 12.6. The first kappa shape index (κ1) is 22.1. The first-order valence-electron chi connectivity index (χ1n) is 10.0. The Morgan fingerprint density at radius 2 is 1.83 bits per heavy atom. The summed E-state index contributed by atoms with van der Waals surface area (Å²) in [6, 6.07) is 11.1. The number of rotatable bonds is 6. The molecular weight excluding hydrogens is 393 g/mol. The number of nitrogens with one attached hydrogen (secondary N) is 1. The predicted octanol–water partition coefficient (Wildman–Crippen LogP) is 5.30. The van der Waals surface area contributed by atoms with Gasteiger partial charge in [-0.3, -0.25) is 9.78 Å². The van der Waals surface area contributed by atoms with Crippen LogP contribution in [-0.2, 0) is 10.2 Å². The third-order valence-electron chi connectivity index (χ3n) is 5.30. The van der Waals surface area contributed by atoms with Gasteiger partial charge in [-0.2, -0.15) is 13.2 Å². The van der Waals surface area contributed by atoms with Gasteiger partial charge in [0.05, 0.1) is 17.9 Å². The second-order valence-electron chi connectivity index (χ2n) is 8.87. The number of carbonyl (C=O) groups excluding carboxylic acids is 1. The molecule has 1 fully saturated rings. The predicted molar refractivity (Wildman–Crippen MR) is 108 cm³/mol. The molecule has 1 aromatic heterocycles. The molecule has 0 saturated heterocycles. The third-order valence-corrected chi connectivity index (χ3v) is 5.30. The molecule has 0 spiro atoms. The quantitative estimate of drug-likeness (QED) is 0.690. The number of pyridine rings is 1. The van der Waals surface area contributed by atoms with Gasteiger partial charge < -0.3 is 10.1 Å². The van der Waals surface area contributed by atoms with Gasteiger partial charge in [0.1, 0.15) is 5.75 Å². The van der Waals surface area contributed by atoms with E-state index in [-0.39, 0.29) is 34.9 Å². The Morgan fingerprint density at radius 3 is 2.37 bits per heavy atom. The van der Waals surface area contributed by atoms with Crippen LogP contribution in [0.5, 0.6) is 5.75 Å². The first-order valence-corrected chi connectivity index (χ1v) is 10.0. The highest BCUT2D eigenvalue weighted by Gasteiger charge is 2.44. The monoisotopic (exact) mass is 420 g/mol. The molecule has 0 radical (unpaired) electrons. The molecule has 0 bridgehead atoms. The number of halogens is 3. The van der Waals surface area contributed by atoms with E-state index in [1.807, 2.05) is 0 Å². The Balaban J connectivity index is 1.53. The molecule has 2 unspecified atom stereocenters. The lowest BCUT2D eigenvalue weighted by atomic mass is 9.86. The Hall–Kier alpha value is -2.57. The zero-order valence-electron chi connectivity index (χ0n) is 17.6. The second-order valence-corrected chi connectivity index (χ2v) is 8.87. The topological polar surface area (TPSA) is 51.2 Å². The first-order chi connectivity index (χ1) is 13.9. The zero-order chi connectivity index (χ0) is 22.1. The third kappa shape index (κ3) is 5.74. The van der Waals surface area contributed by atoms with Crippen LogP contribution in [0.25, 0.3) is 0 Å². The van der Waals surface area contributed by atoms with Gasteiger partial charge in [-0.05, 0) is 47.9 Å². The Morgan fingerprint density at radius 1 is 1.17 bits per heavy atom. The molecule has 3 rings (SSSR count). The van der Waals surface area contributed by atoms with E-state index in [9.17, 15) is 18.0 Å². The number of carbonyl (C=O) groups is 1. The normalized spacial score (nSPS) is 19.8. The summed E-state index contributed by atoms with van der Waals surface area (Å²) in [6.07, 6.45) is -2.35. The van der Waals surface area contributed by atoms with Crippen LogP contribution in [0.1, 0.15) is 62.9 Å². The minimum Gasteiger partial charge on any atom is -0.483 e. The summed E-state index contributed by atoms with van der Waals surface area (Å²) in [4.78, 5) is 16.7. The number of amides is 1. The van der Waals surface area contributed by atoms with Crippen molar-refractivity contribution in [3.05, 3.63) is 59.4 Å². The lowest BCUT2D eigenvalue weighted by Gasteiger charge is -2.19. The fourth-order valence-corrected chi connectivity index (χ4v) is 3.38. The lowest BCUT2D eigenvalue weighted by Crippen LogP contribution is -2.29. The molecule has 1 aliphatic carbocycles.